The van der Waals surface area contributed by atoms with Gasteiger partial charge in [0.2, 0.25) is 5.95 Å². The number of halogens is 3. The molecular formula is C23H31F3N10O3S. The zero-order valence-corrected chi connectivity index (χ0v) is 22.7. The number of fused-ring (bicyclic) bond motifs is 1. The molecule has 0 aliphatic carbocycles. The molecule has 1 atom stereocenters. The van der Waals surface area contributed by atoms with E-state index in [4.69, 9.17) is 19.8 Å². The van der Waals surface area contributed by atoms with Gasteiger partial charge in [0.15, 0.2) is 15.7 Å². The molecule has 0 bridgehead atoms. The van der Waals surface area contributed by atoms with Gasteiger partial charge in [-0.15, -0.1) is 0 Å². The molecule has 2 saturated heterocycles. The first-order valence-electron chi connectivity index (χ1n) is 12.9. The first-order chi connectivity index (χ1) is 19.1. The van der Waals surface area contributed by atoms with Gasteiger partial charge in [0, 0.05) is 51.5 Å². The van der Waals surface area contributed by atoms with Gasteiger partial charge in [-0.2, -0.15) is 23.3 Å². The molecule has 2 aliphatic heterocycles. The molecule has 0 saturated carbocycles. The molecule has 5 rings (SSSR count). The third kappa shape index (κ3) is 7.13. The molecule has 0 radical (unpaired) electrons. The van der Waals surface area contributed by atoms with Crippen LogP contribution >= 0.6 is 0 Å². The summed E-state index contributed by atoms with van der Waals surface area (Å²) in [6, 6.07) is 1.89. The van der Waals surface area contributed by atoms with Gasteiger partial charge in [0.05, 0.1) is 24.7 Å². The molecule has 0 amide bonds. The minimum Gasteiger partial charge on any atom is -0.370 e. The standard InChI is InChI=1S/C23H31F3N10O3S/c1-16-12-35(5-4-28-16)22-31-19-17(13-34-7-10-40(37,38)11-8-34)33-36(6-9-39-14-23(24,25)26)20(19)21(32-22)30-18-2-3-27-15-29-18/h2-3,15-16,28H,4-14H2,1H3,(H,27,29,30,31,32)/t16-/m1/s1. The Bertz CT molecular complexity index is 1410. The van der Waals surface area contributed by atoms with Gasteiger partial charge in [0.1, 0.15) is 35.5 Å². The van der Waals surface area contributed by atoms with Gasteiger partial charge in [-0.05, 0) is 13.0 Å². The Hall–Kier alpha value is -3.15. The predicted molar refractivity (Wildman–Crippen MR) is 141 cm³/mol. The Labute approximate surface area is 229 Å². The van der Waals surface area contributed by atoms with Crippen LogP contribution in [0.3, 0.4) is 0 Å². The van der Waals surface area contributed by atoms with Gasteiger partial charge in [0.25, 0.3) is 0 Å². The Morgan fingerprint density at radius 3 is 2.70 bits per heavy atom. The van der Waals surface area contributed by atoms with Crippen molar-refractivity contribution in [3.05, 3.63) is 24.3 Å². The topological polar surface area (TPSA) is 143 Å². The highest BCUT2D eigenvalue weighted by molar-refractivity contribution is 7.91. The Kier molecular flexibility index (Phi) is 8.34. The van der Waals surface area contributed by atoms with Gasteiger partial charge in [-0.25, -0.2) is 23.4 Å². The largest absolute Gasteiger partial charge is 0.411 e. The first-order valence-corrected chi connectivity index (χ1v) is 14.7. The molecule has 0 unspecified atom stereocenters. The molecule has 2 aliphatic rings. The average molecular weight is 585 g/mol. The second-order valence-corrected chi connectivity index (χ2v) is 12.2. The zero-order chi connectivity index (χ0) is 28.3. The van der Waals surface area contributed by atoms with Crippen LogP contribution < -0.4 is 15.5 Å². The number of aromatic nitrogens is 6. The minimum absolute atomic E-state index is 0.0206. The SMILES string of the molecule is C[C@@H]1CN(c2nc(Nc3ccncn3)c3c(n2)c(CN2CCS(=O)(=O)CC2)nn3CCOCC(F)(F)F)CCN1. The number of nitrogens with one attached hydrogen (secondary N) is 2. The van der Waals surface area contributed by atoms with Gasteiger partial charge >= 0.3 is 6.18 Å². The highest BCUT2D eigenvalue weighted by Crippen LogP contribution is 2.30. The lowest BCUT2D eigenvalue weighted by atomic mass is 10.2. The predicted octanol–water partition coefficient (Wildman–Crippen LogP) is 0.967. The molecule has 40 heavy (non-hydrogen) atoms. The Morgan fingerprint density at radius 1 is 1.20 bits per heavy atom. The van der Waals surface area contributed by atoms with Gasteiger partial charge in [-0.3, -0.25) is 9.58 Å². The summed E-state index contributed by atoms with van der Waals surface area (Å²) < 4.78 is 68.3. The lowest BCUT2D eigenvalue weighted by Crippen LogP contribution is -2.49. The zero-order valence-electron chi connectivity index (χ0n) is 21.9. The van der Waals surface area contributed by atoms with Crippen molar-refractivity contribution in [2.75, 3.05) is 67.7 Å². The van der Waals surface area contributed by atoms with Crippen molar-refractivity contribution in [2.45, 2.75) is 32.2 Å². The van der Waals surface area contributed by atoms with Crippen LogP contribution in [0.1, 0.15) is 12.6 Å². The van der Waals surface area contributed by atoms with E-state index in [9.17, 15) is 21.6 Å². The van der Waals surface area contributed by atoms with E-state index in [2.05, 4.69) is 32.4 Å². The van der Waals surface area contributed by atoms with Crippen molar-refractivity contribution >= 4 is 38.5 Å². The number of anilines is 3. The maximum atomic E-state index is 12.7. The number of alkyl halides is 3. The van der Waals surface area contributed by atoms with E-state index in [1.54, 1.807) is 12.3 Å². The molecule has 5 heterocycles. The van der Waals surface area contributed by atoms with E-state index in [0.29, 0.717) is 67.0 Å². The first kappa shape index (κ1) is 28.4. The highest BCUT2D eigenvalue weighted by atomic mass is 32.2. The second kappa shape index (κ2) is 11.8. The monoisotopic (exact) mass is 584 g/mol. The maximum absolute atomic E-state index is 12.7. The third-order valence-electron chi connectivity index (χ3n) is 6.65. The fraction of sp³-hybridized carbons (Fsp3) is 0.609. The summed E-state index contributed by atoms with van der Waals surface area (Å²) in [5.74, 6) is 1.44. The molecule has 3 aromatic rings. The summed E-state index contributed by atoms with van der Waals surface area (Å²) in [6.45, 7) is 3.63. The van der Waals surface area contributed by atoms with Crippen LogP contribution in [0, 0.1) is 0 Å². The number of piperazine rings is 1. The van der Waals surface area contributed by atoms with E-state index >= 15 is 0 Å². The smallest absolute Gasteiger partial charge is 0.370 e. The number of nitrogens with zero attached hydrogens (tertiary/aromatic N) is 8. The van der Waals surface area contributed by atoms with Crippen molar-refractivity contribution in [3.8, 4) is 0 Å². The quantitative estimate of drug-likeness (QED) is 0.346. The van der Waals surface area contributed by atoms with Crippen molar-refractivity contribution in [1.29, 1.82) is 0 Å². The number of rotatable bonds is 9. The third-order valence-corrected chi connectivity index (χ3v) is 8.26. The lowest BCUT2D eigenvalue weighted by molar-refractivity contribution is -0.174. The van der Waals surface area contributed by atoms with Crippen LogP contribution in [0.4, 0.5) is 30.8 Å². The molecule has 2 fully saturated rings. The van der Waals surface area contributed by atoms with Gasteiger partial charge < -0.3 is 20.3 Å². The molecule has 0 spiro atoms. The van der Waals surface area contributed by atoms with Crippen molar-refractivity contribution in [3.63, 3.8) is 0 Å². The van der Waals surface area contributed by atoms with Crippen LogP contribution in [0.15, 0.2) is 18.6 Å². The summed E-state index contributed by atoms with van der Waals surface area (Å²) in [5.41, 5.74) is 1.58. The van der Waals surface area contributed by atoms with E-state index < -0.39 is 22.6 Å². The van der Waals surface area contributed by atoms with Crippen molar-refractivity contribution in [1.82, 2.24) is 39.9 Å². The molecular weight excluding hydrogens is 553 g/mol. The van der Waals surface area contributed by atoms with E-state index in [1.165, 1.54) is 11.0 Å². The number of hydrogen-bond donors (Lipinski definition) is 2. The molecule has 0 aromatic carbocycles. The van der Waals surface area contributed by atoms with Crippen LogP contribution in [0.25, 0.3) is 11.0 Å². The normalized spacial score (nSPS) is 20.2. The molecule has 218 valence electrons. The van der Waals surface area contributed by atoms with Crippen LogP contribution in [-0.4, -0.2) is 113 Å². The summed E-state index contributed by atoms with van der Waals surface area (Å²) in [5, 5.41) is 11.3. The highest BCUT2D eigenvalue weighted by Gasteiger charge is 2.29. The van der Waals surface area contributed by atoms with E-state index in [-0.39, 0.29) is 30.7 Å². The molecule has 2 N–H and O–H groups in total. The fourth-order valence-electron chi connectivity index (χ4n) is 4.69. The van der Waals surface area contributed by atoms with E-state index in [0.717, 1.165) is 6.54 Å². The Balaban J connectivity index is 1.54. The molecule has 3 aromatic heterocycles. The summed E-state index contributed by atoms with van der Waals surface area (Å²) in [7, 11) is -3.08. The lowest BCUT2D eigenvalue weighted by Gasteiger charge is -2.32. The van der Waals surface area contributed by atoms with Crippen molar-refractivity contribution < 1.29 is 26.3 Å². The fourth-order valence-corrected chi connectivity index (χ4v) is 5.96. The number of hydrogen-bond acceptors (Lipinski definition) is 12. The van der Waals surface area contributed by atoms with Crippen LogP contribution in [0.2, 0.25) is 0 Å². The maximum Gasteiger partial charge on any atom is 0.411 e. The number of ether oxygens (including phenoxy) is 1. The van der Waals surface area contributed by atoms with Crippen molar-refractivity contribution in [2.24, 2.45) is 0 Å². The van der Waals surface area contributed by atoms with Gasteiger partial charge in [-0.1, -0.05) is 0 Å². The number of sulfone groups is 1. The summed E-state index contributed by atoms with van der Waals surface area (Å²) in [6.07, 6.45) is -1.48. The second-order valence-electron chi connectivity index (χ2n) is 9.86. The minimum atomic E-state index is -4.44. The Morgan fingerprint density at radius 2 is 2.00 bits per heavy atom. The molecule has 13 nitrogen and oxygen atoms in total. The summed E-state index contributed by atoms with van der Waals surface area (Å²) >= 11 is 0. The summed E-state index contributed by atoms with van der Waals surface area (Å²) in [4.78, 5) is 21.9. The van der Waals surface area contributed by atoms with E-state index in [1.807, 2.05) is 4.90 Å². The van der Waals surface area contributed by atoms with Crippen LogP contribution in [0.5, 0.6) is 0 Å². The average Bonchev–Trinajstić information content (AvgIpc) is 3.25. The van der Waals surface area contributed by atoms with Crippen LogP contribution in [-0.2, 0) is 27.7 Å². The molecule has 17 heteroatoms.